The zero-order valence-electron chi connectivity index (χ0n) is 9.56. The Kier molecular flexibility index (Phi) is 4.64. The molecule has 0 aliphatic carbocycles. The van der Waals surface area contributed by atoms with Crippen LogP contribution in [0.1, 0.15) is 13.3 Å². The molecule has 4 nitrogen and oxygen atoms in total. The number of para-hydroxylation sites is 2. The molecule has 0 spiro atoms. The van der Waals surface area contributed by atoms with Crippen molar-refractivity contribution >= 4 is 11.7 Å². The Bertz CT molecular complexity index is 352. The molecule has 16 heavy (non-hydrogen) atoms. The van der Waals surface area contributed by atoms with Crippen LogP contribution in [-0.4, -0.2) is 24.7 Å². The Morgan fingerprint density at radius 1 is 1.50 bits per heavy atom. The zero-order chi connectivity index (χ0) is 12.0. The van der Waals surface area contributed by atoms with Crippen molar-refractivity contribution in [3.63, 3.8) is 0 Å². The minimum atomic E-state index is -0.769. The smallest absolute Gasteiger partial charge is 0.303 e. The van der Waals surface area contributed by atoms with Crippen molar-refractivity contribution in [2.24, 2.45) is 5.92 Å². The van der Waals surface area contributed by atoms with E-state index in [2.05, 4.69) is 5.32 Å². The number of carboxylic acid groups (broad SMARTS) is 1. The van der Waals surface area contributed by atoms with Crippen molar-refractivity contribution < 1.29 is 14.6 Å². The van der Waals surface area contributed by atoms with Gasteiger partial charge in [0, 0.05) is 13.0 Å². The van der Waals surface area contributed by atoms with E-state index in [0.29, 0.717) is 6.54 Å². The molecule has 0 saturated carbocycles. The first kappa shape index (κ1) is 12.4. The Balaban J connectivity index is 2.50. The number of carboxylic acids is 1. The number of hydrogen-bond donors (Lipinski definition) is 2. The van der Waals surface area contributed by atoms with Crippen LogP contribution in [0.15, 0.2) is 24.3 Å². The van der Waals surface area contributed by atoms with E-state index < -0.39 is 5.97 Å². The molecule has 0 aliphatic heterocycles. The van der Waals surface area contributed by atoms with Gasteiger partial charge in [-0.25, -0.2) is 0 Å². The molecular formula is C12H17NO3. The van der Waals surface area contributed by atoms with Gasteiger partial charge in [-0.15, -0.1) is 0 Å². The molecule has 0 aliphatic rings. The summed E-state index contributed by atoms with van der Waals surface area (Å²) in [6.45, 7) is 2.52. The normalized spacial score (nSPS) is 11.9. The predicted octanol–water partition coefficient (Wildman–Crippen LogP) is 2.22. The van der Waals surface area contributed by atoms with Crippen LogP contribution >= 0.6 is 0 Å². The number of benzene rings is 1. The maximum absolute atomic E-state index is 10.5. The van der Waals surface area contributed by atoms with Gasteiger partial charge < -0.3 is 15.2 Å². The lowest BCUT2D eigenvalue weighted by Gasteiger charge is -2.13. The van der Waals surface area contributed by atoms with Gasteiger partial charge in [-0.05, 0) is 18.1 Å². The first-order valence-corrected chi connectivity index (χ1v) is 5.22. The molecule has 0 fully saturated rings. The molecule has 0 bridgehead atoms. The average Bonchev–Trinajstić information content (AvgIpc) is 2.26. The molecule has 1 unspecified atom stereocenters. The molecule has 4 heteroatoms. The van der Waals surface area contributed by atoms with Crippen molar-refractivity contribution in [2.75, 3.05) is 19.0 Å². The van der Waals surface area contributed by atoms with Crippen LogP contribution in [0.2, 0.25) is 0 Å². The third kappa shape index (κ3) is 3.81. The van der Waals surface area contributed by atoms with E-state index in [0.717, 1.165) is 11.4 Å². The van der Waals surface area contributed by atoms with Crippen LogP contribution < -0.4 is 10.1 Å². The number of anilines is 1. The van der Waals surface area contributed by atoms with E-state index in [9.17, 15) is 4.79 Å². The largest absolute Gasteiger partial charge is 0.495 e. The fourth-order valence-corrected chi connectivity index (χ4v) is 1.45. The second-order valence-electron chi connectivity index (χ2n) is 3.78. The molecule has 1 rings (SSSR count). The minimum absolute atomic E-state index is 0.0856. The van der Waals surface area contributed by atoms with E-state index in [1.165, 1.54) is 0 Å². The summed E-state index contributed by atoms with van der Waals surface area (Å²) in [5.74, 6) is 0.0850. The Hall–Kier alpha value is -1.71. The first-order valence-electron chi connectivity index (χ1n) is 5.22. The third-order valence-corrected chi connectivity index (χ3v) is 2.27. The monoisotopic (exact) mass is 223 g/mol. The molecule has 0 radical (unpaired) electrons. The minimum Gasteiger partial charge on any atom is -0.495 e. The second kappa shape index (κ2) is 6.00. The molecule has 88 valence electrons. The van der Waals surface area contributed by atoms with Crippen molar-refractivity contribution in [3.05, 3.63) is 24.3 Å². The third-order valence-electron chi connectivity index (χ3n) is 2.27. The van der Waals surface area contributed by atoms with Gasteiger partial charge in [0.25, 0.3) is 0 Å². The molecular weight excluding hydrogens is 206 g/mol. The fraction of sp³-hybridized carbons (Fsp3) is 0.417. The summed E-state index contributed by atoms with van der Waals surface area (Å²) in [5.41, 5.74) is 0.891. The van der Waals surface area contributed by atoms with Crippen LogP contribution in [0.4, 0.5) is 5.69 Å². The summed E-state index contributed by atoms with van der Waals surface area (Å²) in [4.78, 5) is 10.5. The number of ether oxygens (including phenoxy) is 1. The summed E-state index contributed by atoms with van der Waals surface area (Å²) in [6, 6.07) is 7.58. The second-order valence-corrected chi connectivity index (χ2v) is 3.78. The van der Waals surface area contributed by atoms with Gasteiger partial charge in [0.05, 0.1) is 12.8 Å². The molecule has 0 saturated heterocycles. The summed E-state index contributed by atoms with van der Waals surface area (Å²) < 4.78 is 5.18. The van der Waals surface area contributed by atoms with Crippen molar-refractivity contribution in [3.8, 4) is 5.75 Å². The summed E-state index contributed by atoms with van der Waals surface area (Å²) in [5, 5.41) is 11.8. The van der Waals surface area contributed by atoms with Crippen molar-refractivity contribution in [2.45, 2.75) is 13.3 Å². The fourth-order valence-electron chi connectivity index (χ4n) is 1.45. The number of hydrogen-bond acceptors (Lipinski definition) is 3. The van der Waals surface area contributed by atoms with Gasteiger partial charge in [-0.1, -0.05) is 19.1 Å². The number of aliphatic carboxylic acids is 1. The maximum Gasteiger partial charge on any atom is 0.303 e. The molecule has 1 aromatic rings. The van der Waals surface area contributed by atoms with Crippen molar-refractivity contribution in [1.82, 2.24) is 0 Å². The topological polar surface area (TPSA) is 58.6 Å². The Labute approximate surface area is 95.2 Å². The first-order chi connectivity index (χ1) is 7.63. The van der Waals surface area contributed by atoms with Crippen LogP contribution in [0.25, 0.3) is 0 Å². The van der Waals surface area contributed by atoms with Crippen LogP contribution in [0.5, 0.6) is 5.75 Å². The average molecular weight is 223 g/mol. The predicted molar refractivity (Wildman–Crippen MR) is 62.9 cm³/mol. The van der Waals surface area contributed by atoms with Gasteiger partial charge >= 0.3 is 5.97 Å². The van der Waals surface area contributed by atoms with Crippen LogP contribution in [0.3, 0.4) is 0 Å². The molecule has 2 N–H and O–H groups in total. The Morgan fingerprint density at radius 2 is 2.19 bits per heavy atom. The van der Waals surface area contributed by atoms with E-state index in [1.807, 2.05) is 31.2 Å². The molecule has 0 heterocycles. The number of nitrogens with one attached hydrogen (secondary N) is 1. The van der Waals surface area contributed by atoms with E-state index >= 15 is 0 Å². The van der Waals surface area contributed by atoms with Gasteiger partial charge in [0.2, 0.25) is 0 Å². The van der Waals surface area contributed by atoms with Gasteiger partial charge in [0.1, 0.15) is 5.75 Å². The van der Waals surface area contributed by atoms with E-state index in [4.69, 9.17) is 9.84 Å². The summed E-state index contributed by atoms with van der Waals surface area (Å²) in [7, 11) is 1.61. The lowest BCUT2D eigenvalue weighted by molar-refractivity contribution is -0.137. The highest BCUT2D eigenvalue weighted by atomic mass is 16.5. The molecule has 0 amide bonds. The highest BCUT2D eigenvalue weighted by Crippen LogP contribution is 2.23. The molecule has 0 aromatic heterocycles. The van der Waals surface area contributed by atoms with Crippen LogP contribution in [-0.2, 0) is 4.79 Å². The maximum atomic E-state index is 10.5. The van der Waals surface area contributed by atoms with E-state index in [1.54, 1.807) is 7.11 Å². The zero-order valence-corrected chi connectivity index (χ0v) is 9.56. The summed E-state index contributed by atoms with van der Waals surface area (Å²) >= 11 is 0. The molecule has 1 atom stereocenters. The van der Waals surface area contributed by atoms with Gasteiger partial charge in [-0.3, -0.25) is 4.79 Å². The number of rotatable bonds is 6. The Morgan fingerprint density at radius 3 is 2.81 bits per heavy atom. The quantitative estimate of drug-likeness (QED) is 0.776. The van der Waals surface area contributed by atoms with Crippen LogP contribution in [0, 0.1) is 5.92 Å². The van der Waals surface area contributed by atoms with Gasteiger partial charge in [0.15, 0.2) is 0 Å². The van der Waals surface area contributed by atoms with Gasteiger partial charge in [-0.2, -0.15) is 0 Å². The number of carbonyl (C=O) groups is 1. The number of methoxy groups -OCH3 is 1. The van der Waals surface area contributed by atoms with E-state index in [-0.39, 0.29) is 12.3 Å². The summed E-state index contributed by atoms with van der Waals surface area (Å²) in [6.07, 6.45) is 0.169. The lowest BCUT2D eigenvalue weighted by atomic mass is 10.1. The lowest BCUT2D eigenvalue weighted by Crippen LogP contribution is -2.15. The highest BCUT2D eigenvalue weighted by Gasteiger charge is 2.08. The standard InChI is InChI=1S/C12H17NO3/c1-9(7-12(14)15)8-13-10-5-3-4-6-11(10)16-2/h3-6,9,13H,7-8H2,1-2H3,(H,14,15). The SMILES string of the molecule is COc1ccccc1NCC(C)CC(=O)O. The highest BCUT2D eigenvalue weighted by molar-refractivity contribution is 5.67. The molecule has 1 aromatic carbocycles. The van der Waals surface area contributed by atoms with Crippen molar-refractivity contribution in [1.29, 1.82) is 0 Å².